The molecule has 0 aliphatic rings. The van der Waals surface area contributed by atoms with Gasteiger partial charge in [0, 0.05) is 34.7 Å². The minimum atomic E-state index is -0.757. The number of hydrazine groups is 1. The minimum absolute atomic E-state index is 0.0413. The zero-order chi connectivity index (χ0) is 66.6. The van der Waals surface area contributed by atoms with Gasteiger partial charge in [0.05, 0.1) is 28.7 Å². The van der Waals surface area contributed by atoms with Gasteiger partial charge in [-0.1, -0.05) is 180 Å². The lowest BCUT2D eigenvalue weighted by Crippen LogP contribution is -2.45. The van der Waals surface area contributed by atoms with Gasteiger partial charge in [-0.25, -0.2) is 0 Å². The molecular weight excluding hydrogens is 1020 g/mol. The van der Waals surface area contributed by atoms with Gasteiger partial charge >= 0.3 is 5.97 Å². The predicted octanol–water partition coefficient (Wildman–Crippen LogP) is 18.9. The van der Waals surface area contributed by atoms with Crippen molar-refractivity contribution < 1.29 is 25.4 Å². The predicted molar refractivity (Wildman–Crippen MR) is 359 cm³/mol. The highest BCUT2D eigenvalue weighted by Gasteiger charge is 2.21. The molecule has 0 saturated carbocycles. The third-order valence-electron chi connectivity index (χ3n) is 12.4. The molecule has 11 heteroatoms. The summed E-state index contributed by atoms with van der Waals surface area (Å²) in [7, 11) is 0. The van der Waals surface area contributed by atoms with E-state index in [1.54, 1.807) is 41.5 Å². The fourth-order valence-electron chi connectivity index (χ4n) is 7.19. The number of rotatable bonds is 5. The molecule has 0 aliphatic heterocycles. The Morgan fingerprint density at radius 1 is 0.573 bits per heavy atom. The van der Waals surface area contributed by atoms with Gasteiger partial charge in [0.2, 0.25) is 5.43 Å². The number of nitrogens with zero attached hydrogens (tertiary/aromatic N) is 2. The minimum Gasteiger partial charge on any atom is -0.503 e. The van der Waals surface area contributed by atoms with E-state index >= 15 is 0 Å². The Morgan fingerprint density at radius 2 is 1.01 bits per heavy atom. The normalized spacial score (nSPS) is 10.3. The van der Waals surface area contributed by atoms with Crippen molar-refractivity contribution in [3.8, 4) is 5.75 Å². The molecule has 472 valence electrons. The van der Waals surface area contributed by atoms with E-state index in [2.05, 4.69) is 145 Å². The van der Waals surface area contributed by atoms with Gasteiger partial charge in [-0.15, -0.1) is 0 Å². The van der Waals surface area contributed by atoms with Crippen molar-refractivity contribution >= 4 is 5.97 Å². The Bertz CT molecular complexity index is 2650. The highest BCUT2D eigenvalue weighted by Crippen LogP contribution is 2.31. The average Bonchev–Trinajstić information content (AvgIpc) is 3.40. The largest absolute Gasteiger partial charge is 0.503 e. The Labute approximate surface area is 503 Å². The number of carboxylic acid groups (broad SMARTS) is 1. The van der Waals surface area contributed by atoms with E-state index in [4.69, 9.17) is 10.2 Å². The van der Waals surface area contributed by atoms with Crippen molar-refractivity contribution in [3.63, 3.8) is 0 Å². The molecule has 5 rings (SSSR count). The van der Waals surface area contributed by atoms with E-state index in [0.717, 1.165) is 22.2 Å². The number of benzene rings is 3. The van der Waals surface area contributed by atoms with Gasteiger partial charge < -0.3 is 20.6 Å². The van der Waals surface area contributed by atoms with Gasteiger partial charge in [-0.3, -0.25) is 25.2 Å². The van der Waals surface area contributed by atoms with Gasteiger partial charge in [0.1, 0.15) is 0 Å². The summed E-state index contributed by atoms with van der Waals surface area (Å²) >= 11 is 0. The van der Waals surface area contributed by atoms with Crippen LogP contribution >= 0.6 is 0 Å². The highest BCUT2D eigenvalue weighted by atomic mass is 16.5. The molecule has 3 aromatic carbocycles. The van der Waals surface area contributed by atoms with E-state index in [-0.39, 0.29) is 21.8 Å². The Hall–Kier alpha value is -5.65. The number of nitrogens with one attached hydrogen (secondary N) is 2. The molecule has 0 atom stereocenters. The van der Waals surface area contributed by atoms with Crippen LogP contribution in [0.5, 0.6) is 5.75 Å². The zero-order valence-corrected chi connectivity index (χ0v) is 59.2. The molecule has 0 spiro atoms. The number of aryl methyl sites for hydroxylation is 4. The van der Waals surface area contributed by atoms with Crippen molar-refractivity contribution in [1.29, 1.82) is 0 Å². The second-order valence-electron chi connectivity index (χ2n) is 23.4. The van der Waals surface area contributed by atoms with Gasteiger partial charge in [0.25, 0.3) is 0 Å². The molecular formula is C71H126N4O7. The van der Waals surface area contributed by atoms with Crippen molar-refractivity contribution in [3.05, 3.63) is 165 Å². The number of aliphatic carboxylic acids is 1. The van der Waals surface area contributed by atoms with Crippen molar-refractivity contribution in [2.24, 2.45) is 5.41 Å². The first-order valence-corrected chi connectivity index (χ1v) is 30.1. The molecule has 2 aromatic heterocycles. The summed E-state index contributed by atoms with van der Waals surface area (Å²) in [6, 6.07) is 18.5. The van der Waals surface area contributed by atoms with Crippen LogP contribution in [0.4, 0.5) is 0 Å². The summed E-state index contributed by atoms with van der Waals surface area (Å²) in [6.07, 6.45) is 1.67. The number of aromatic nitrogens is 2. The first kappa shape index (κ1) is 87.6. The molecule has 0 fully saturated rings. The molecule has 0 saturated heterocycles. The summed E-state index contributed by atoms with van der Waals surface area (Å²) in [4.78, 5) is 32.7. The van der Waals surface area contributed by atoms with Crippen LogP contribution in [0.25, 0.3) is 0 Å². The standard InChI is InChI=1S/C14H22.C12H18.C11H18N2.C10H15NO2.C9H13NO3.C5H10O2.5C2H6/c1-9-8-13(14(5,6)7)12(4)11(3)10(9)2;1-8(2)12-7-10(4)9(3)6-11(12)5;1-11(2,3)13-12-9-10-7-5-4-6-8-10;1-5-9-7(3)10(12)6(2)8(4)11(9)13;1-9(2,3)8-4-6(11)7(12)5-10(8)13;1-5(2,3)4(6)7;5*1-2/h8H,1-7H3;6-8H,1-5H3;4-8,12-13H,9H2,1-3H3;13H,5H2,1-4H3;4-5,12-13H,1-3H3;1-3H3,(H,6,7);5*1-2H3. The van der Waals surface area contributed by atoms with E-state index in [0.29, 0.717) is 40.5 Å². The van der Waals surface area contributed by atoms with Crippen molar-refractivity contribution in [1.82, 2.24) is 20.3 Å². The Morgan fingerprint density at radius 3 is 1.39 bits per heavy atom. The van der Waals surface area contributed by atoms with E-state index in [9.17, 15) is 24.8 Å². The van der Waals surface area contributed by atoms with E-state index in [1.165, 1.54) is 61.7 Å². The van der Waals surface area contributed by atoms with Crippen LogP contribution in [0.2, 0.25) is 0 Å². The van der Waals surface area contributed by atoms with E-state index in [1.807, 2.05) is 115 Å². The second kappa shape index (κ2) is 43.1. The number of aromatic hydroxyl groups is 1. The third-order valence-corrected chi connectivity index (χ3v) is 12.4. The molecule has 0 amide bonds. The number of hydrogen-bond donors (Lipinski definition) is 6. The molecule has 2 heterocycles. The maximum Gasteiger partial charge on any atom is 0.308 e. The monoisotopic (exact) mass is 1150 g/mol. The smallest absolute Gasteiger partial charge is 0.308 e. The first-order valence-electron chi connectivity index (χ1n) is 30.1. The molecule has 6 N–H and O–H groups in total. The highest BCUT2D eigenvalue weighted by molar-refractivity contribution is 5.72. The molecule has 0 unspecified atom stereocenters. The summed E-state index contributed by atoms with van der Waals surface area (Å²) < 4.78 is 1.89. The van der Waals surface area contributed by atoms with Crippen LogP contribution in [-0.4, -0.2) is 41.6 Å². The summed E-state index contributed by atoms with van der Waals surface area (Å²) in [5.41, 5.74) is 22.8. The summed E-state index contributed by atoms with van der Waals surface area (Å²) in [5.74, 6) is -0.563. The lowest BCUT2D eigenvalue weighted by molar-refractivity contribution is -0.145. The summed E-state index contributed by atoms with van der Waals surface area (Å²) in [6.45, 7) is 71.8. The number of carbonyl (C=O) groups is 1. The zero-order valence-electron chi connectivity index (χ0n) is 59.2. The molecule has 0 radical (unpaired) electrons. The lowest BCUT2D eigenvalue weighted by Gasteiger charge is -2.25. The SMILES string of the molecule is CC.CC.CC.CC.CC.CC(C)(C)C(=O)O.CC(C)(C)NNCc1ccccc1.CC(C)(C)c1cc(=O)c(O)cn1O.CCc1c(C)c(=O)c(C)c(C)n1O.Cc1cc(C(C)(C)C)c(C)c(C)c1C.Cc1cc(C)c(C(C)C)cc1C. The van der Waals surface area contributed by atoms with Crippen molar-refractivity contribution in [2.75, 3.05) is 0 Å². The van der Waals surface area contributed by atoms with E-state index < -0.39 is 22.6 Å². The maximum atomic E-state index is 11.6. The van der Waals surface area contributed by atoms with Gasteiger partial charge in [-0.2, -0.15) is 9.46 Å². The molecule has 0 bridgehead atoms. The van der Waals surface area contributed by atoms with Crippen LogP contribution < -0.4 is 21.7 Å². The van der Waals surface area contributed by atoms with Crippen LogP contribution in [0.3, 0.4) is 0 Å². The molecule has 0 aliphatic carbocycles. The fourth-order valence-corrected chi connectivity index (χ4v) is 7.19. The van der Waals surface area contributed by atoms with Crippen LogP contribution in [-0.2, 0) is 28.6 Å². The number of pyridine rings is 2. The van der Waals surface area contributed by atoms with Crippen LogP contribution in [0.15, 0.2) is 70.4 Å². The fraction of sp³-hybridized carbons (Fsp3) is 0.592. The average molecular weight is 1150 g/mol. The lowest BCUT2D eigenvalue weighted by atomic mass is 9.80. The van der Waals surface area contributed by atoms with Gasteiger partial charge in [-0.05, 0) is 184 Å². The van der Waals surface area contributed by atoms with Crippen LogP contribution in [0.1, 0.15) is 263 Å². The molecule has 82 heavy (non-hydrogen) atoms. The topological polar surface area (TPSA) is 166 Å². The quantitative estimate of drug-likeness (QED) is 0.0742. The first-order chi connectivity index (χ1) is 37.6. The van der Waals surface area contributed by atoms with Gasteiger partial charge in [0.15, 0.2) is 11.2 Å². The maximum absolute atomic E-state index is 11.6. The third kappa shape index (κ3) is 33.5. The molecule has 5 aromatic rings. The van der Waals surface area contributed by atoms with Crippen molar-refractivity contribution in [2.45, 2.75) is 278 Å². The summed E-state index contributed by atoms with van der Waals surface area (Å²) in [5, 5.41) is 36.3. The number of carboxylic acids is 1. The second-order valence-corrected chi connectivity index (χ2v) is 23.4. The Balaban J connectivity index is -0.000000206. The molecule has 11 nitrogen and oxygen atoms in total. The number of hydrogen-bond acceptors (Lipinski definition) is 8. The Kier molecular flexibility index (Phi) is 46.0. The van der Waals surface area contributed by atoms with Crippen LogP contribution in [0, 0.1) is 74.7 Å².